The van der Waals surface area contributed by atoms with Gasteiger partial charge in [-0.3, -0.25) is 9.78 Å². The number of amides is 1. The summed E-state index contributed by atoms with van der Waals surface area (Å²) in [6, 6.07) is 10.0. The second kappa shape index (κ2) is 5.59. The molecule has 1 atom stereocenters. The Kier molecular flexibility index (Phi) is 3.65. The van der Waals surface area contributed by atoms with Crippen LogP contribution in [0.15, 0.2) is 42.7 Å². The molecule has 1 aromatic heterocycles. The predicted molar refractivity (Wildman–Crippen MR) is 76.4 cm³/mol. The molecule has 1 amide bonds. The predicted octanol–water partition coefficient (Wildman–Crippen LogP) is 3.01. The van der Waals surface area contributed by atoms with Gasteiger partial charge < -0.3 is 5.32 Å². The highest BCUT2D eigenvalue weighted by Crippen LogP contribution is 2.41. The molecule has 3 rings (SSSR count). The maximum Gasteiger partial charge on any atom is 0.272 e. The van der Waals surface area contributed by atoms with Gasteiger partial charge in [0.2, 0.25) is 0 Å². The van der Waals surface area contributed by atoms with E-state index in [9.17, 15) is 4.79 Å². The fraction of sp³-hybridized carbons (Fsp3) is 0.267. The van der Waals surface area contributed by atoms with Gasteiger partial charge in [0.15, 0.2) is 0 Å². The lowest BCUT2D eigenvalue weighted by Crippen LogP contribution is -2.30. The van der Waals surface area contributed by atoms with E-state index in [1.807, 2.05) is 30.3 Å². The smallest absolute Gasteiger partial charge is 0.272 e. The van der Waals surface area contributed by atoms with Gasteiger partial charge in [-0.05, 0) is 24.3 Å². The summed E-state index contributed by atoms with van der Waals surface area (Å²) in [5.74, 6) is 0.272. The Hall–Kier alpha value is -1.94. The molecule has 4 nitrogen and oxygen atoms in total. The van der Waals surface area contributed by atoms with E-state index in [0.717, 1.165) is 18.4 Å². The molecule has 20 heavy (non-hydrogen) atoms. The van der Waals surface area contributed by atoms with Gasteiger partial charge in [-0.1, -0.05) is 41.9 Å². The SMILES string of the molecule is O=C(NC(c1ccccc1)C1CC1)c1cncc(Cl)n1. The lowest BCUT2D eigenvalue weighted by Gasteiger charge is -2.18. The zero-order valence-electron chi connectivity index (χ0n) is 10.8. The van der Waals surface area contributed by atoms with Crippen LogP contribution in [0.25, 0.3) is 0 Å². The number of nitrogens with one attached hydrogen (secondary N) is 1. The first kappa shape index (κ1) is 13.1. The van der Waals surface area contributed by atoms with Gasteiger partial charge in [-0.25, -0.2) is 4.98 Å². The van der Waals surface area contributed by atoms with Crippen molar-refractivity contribution in [2.45, 2.75) is 18.9 Å². The molecule has 1 N–H and O–H groups in total. The third kappa shape index (κ3) is 2.96. The van der Waals surface area contributed by atoms with Crippen LogP contribution >= 0.6 is 11.6 Å². The van der Waals surface area contributed by atoms with Gasteiger partial charge in [-0.15, -0.1) is 0 Å². The van der Waals surface area contributed by atoms with Crippen molar-refractivity contribution in [2.24, 2.45) is 5.92 Å². The normalized spacial score (nSPS) is 15.7. The summed E-state index contributed by atoms with van der Waals surface area (Å²) in [6.07, 6.45) is 5.12. The van der Waals surface area contributed by atoms with E-state index in [4.69, 9.17) is 11.6 Å². The molecule has 1 aromatic carbocycles. The molecule has 0 aliphatic heterocycles. The number of halogens is 1. The summed E-state index contributed by atoms with van der Waals surface area (Å²) >= 11 is 5.76. The fourth-order valence-electron chi connectivity index (χ4n) is 2.23. The van der Waals surface area contributed by atoms with Gasteiger partial charge in [0.05, 0.1) is 18.4 Å². The Morgan fingerprint density at radius 1 is 1.25 bits per heavy atom. The molecule has 1 saturated carbocycles. The number of benzene rings is 1. The molecular weight excluding hydrogens is 274 g/mol. The summed E-state index contributed by atoms with van der Waals surface area (Å²) in [4.78, 5) is 20.1. The minimum atomic E-state index is -0.235. The van der Waals surface area contributed by atoms with Crippen molar-refractivity contribution in [3.8, 4) is 0 Å². The van der Waals surface area contributed by atoms with Gasteiger partial charge >= 0.3 is 0 Å². The number of aromatic nitrogens is 2. The number of rotatable bonds is 4. The van der Waals surface area contributed by atoms with Crippen molar-refractivity contribution in [2.75, 3.05) is 0 Å². The van der Waals surface area contributed by atoms with E-state index in [2.05, 4.69) is 15.3 Å². The van der Waals surface area contributed by atoms with Crippen molar-refractivity contribution in [1.82, 2.24) is 15.3 Å². The standard InChI is InChI=1S/C15H14ClN3O/c16-13-9-17-8-12(18-13)15(20)19-14(11-6-7-11)10-4-2-1-3-5-10/h1-5,8-9,11,14H,6-7H2,(H,19,20). The Morgan fingerprint density at radius 2 is 2.00 bits per heavy atom. The molecule has 0 bridgehead atoms. The fourth-order valence-corrected chi connectivity index (χ4v) is 2.38. The second-order valence-electron chi connectivity index (χ2n) is 4.93. The van der Waals surface area contributed by atoms with Crippen LogP contribution in [0, 0.1) is 5.92 Å². The van der Waals surface area contributed by atoms with E-state index < -0.39 is 0 Å². The largest absolute Gasteiger partial charge is 0.344 e. The Labute approximate surface area is 122 Å². The molecule has 5 heteroatoms. The van der Waals surface area contributed by atoms with Crippen LogP contribution in [0.2, 0.25) is 5.15 Å². The monoisotopic (exact) mass is 287 g/mol. The molecular formula is C15H14ClN3O. The van der Waals surface area contributed by atoms with Crippen molar-refractivity contribution in [3.05, 3.63) is 59.1 Å². The summed E-state index contributed by atoms with van der Waals surface area (Å²) in [5, 5.41) is 3.26. The Morgan fingerprint density at radius 3 is 2.65 bits per heavy atom. The zero-order chi connectivity index (χ0) is 13.9. The maximum atomic E-state index is 12.2. The van der Waals surface area contributed by atoms with E-state index in [1.54, 1.807) is 0 Å². The molecule has 0 spiro atoms. The summed E-state index contributed by atoms with van der Waals surface area (Å²) in [6.45, 7) is 0. The Bertz CT molecular complexity index is 614. The van der Waals surface area contributed by atoms with Crippen molar-refractivity contribution in [3.63, 3.8) is 0 Å². The van der Waals surface area contributed by atoms with Crippen LogP contribution in [-0.2, 0) is 0 Å². The average molecular weight is 288 g/mol. The van der Waals surface area contributed by atoms with Crippen LogP contribution < -0.4 is 5.32 Å². The molecule has 1 aliphatic carbocycles. The number of hydrogen-bond acceptors (Lipinski definition) is 3. The number of nitrogens with zero attached hydrogens (tertiary/aromatic N) is 2. The Balaban J connectivity index is 1.79. The first-order valence-electron chi connectivity index (χ1n) is 6.57. The average Bonchev–Trinajstić information content (AvgIpc) is 3.30. The number of hydrogen-bond donors (Lipinski definition) is 1. The quantitative estimate of drug-likeness (QED) is 0.940. The van der Waals surface area contributed by atoms with Crippen molar-refractivity contribution >= 4 is 17.5 Å². The lowest BCUT2D eigenvalue weighted by atomic mass is 10.0. The van der Waals surface area contributed by atoms with Crippen LogP contribution in [0.4, 0.5) is 0 Å². The van der Waals surface area contributed by atoms with E-state index >= 15 is 0 Å². The highest BCUT2D eigenvalue weighted by Gasteiger charge is 2.33. The van der Waals surface area contributed by atoms with E-state index in [-0.39, 0.29) is 22.8 Å². The van der Waals surface area contributed by atoms with E-state index in [1.165, 1.54) is 12.4 Å². The first-order chi connectivity index (χ1) is 9.74. The summed E-state index contributed by atoms with van der Waals surface area (Å²) in [7, 11) is 0. The lowest BCUT2D eigenvalue weighted by molar-refractivity contribution is 0.0926. The molecule has 1 fully saturated rings. The van der Waals surface area contributed by atoms with E-state index in [0.29, 0.717) is 5.92 Å². The van der Waals surface area contributed by atoms with Crippen LogP contribution in [0.5, 0.6) is 0 Å². The third-order valence-electron chi connectivity index (χ3n) is 3.38. The topological polar surface area (TPSA) is 54.9 Å². The number of carbonyl (C=O) groups excluding carboxylic acids is 1. The van der Waals surface area contributed by atoms with Gasteiger partial charge in [0, 0.05) is 0 Å². The minimum Gasteiger partial charge on any atom is -0.344 e. The second-order valence-corrected chi connectivity index (χ2v) is 5.31. The van der Waals surface area contributed by atoms with Gasteiger partial charge in [-0.2, -0.15) is 0 Å². The highest BCUT2D eigenvalue weighted by molar-refractivity contribution is 6.29. The molecule has 1 unspecified atom stereocenters. The van der Waals surface area contributed by atoms with Gasteiger partial charge in [0.25, 0.3) is 5.91 Å². The zero-order valence-corrected chi connectivity index (χ0v) is 11.5. The summed E-state index contributed by atoms with van der Waals surface area (Å²) in [5.41, 5.74) is 1.37. The summed E-state index contributed by atoms with van der Waals surface area (Å²) < 4.78 is 0. The number of carbonyl (C=O) groups is 1. The van der Waals surface area contributed by atoms with Crippen molar-refractivity contribution < 1.29 is 4.79 Å². The molecule has 1 heterocycles. The molecule has 2 aromatic rings. The molecule has 0 saturated heterocycles. The van der Waals surface area contributed by atoms with Crippen LogP contribution in [0.1, 0.15) is 34.9 Å². The first-order valence-corrected chi connectivity index (χ1v) is 6.95. The highest BCUT2D eigenvalue weighted by atomic mass is 35.5. The molecule has 102 valence electrons. The third-order valence-corrected chi connectivity index (χ3v) is 3.56. The van der Waals surface area contributed by atoms with Crippen LogP contribution in [0.3, 0.4) is 0 Å². The van der Waals surface area contributed by atoms with Gasteiger partial charge in [0.1, 0.15) is 10.8 Å². The van der Waals surface area contributed by atoms with Crippen molar-refractivity contribution in [1.29, 1.82) is 0 Å². The molecule has 1 aliphatic rings. The molecule has 0 radical (unpaired) electrons. The maximum absolute atomic E-state index is 12.2. The minimum absolute atomic E-state index is 0.0319. The van der Waals surface area contributed by atoms with Crippen LogP contribution in [-0.4, -0.2) is 15.9 Å².